The number of anilines is 1. The molecule has 24 heavy (non-hydrogen) atoms. The number of halogens is 3. The van der Waals surface area contributed by atoms with E-state index in [2.05, 4.69) is 15.2 Å². The molecule has 0 aromatic carbocycles. The fraction of sp³-hybridized carbons (Fsp3) is 0.706. The van der Waals surface area contributed by atoms with Crippen molar-refractivity contribution in [1.29, 1.82) is 0 Å². The molecule has 0 bridgehead atoms. The Balaban J connectivity index is 1.58. The highest BCUT2D eigenvalue weighted by Gasteiger charge is 2.35. The molecule has 134 valence electrons. The average Bonchev–Trinajstić information content (AvgIpc) is 2.56. The van der Waals surface area contributed by atoms with Gasteiger partial charge in [0.25, 0.3) is 0 Å². The van der Waals surface area contributed by atoms with E-state index in [4.69, 9.17) is 0 Å². The summed E-state index contributed by atoms with van der Waals surface area (Å²) >= 11 is 0. The molecule has 2 fully saturated rings. The zero-order valence-electron chi connectivity index (χ0n) is 13.6. The van der Waals surface area contributed by atoms with Crippen LogP contribution in [0.25, 0.3) is 0 Å². The van der Waals surface area contributed by atoms with Crippen LogP contribution in [0, 0.1) is 0 Å². The quantitative estimate of drug-likeness (QED) is 0.884. The van der Waals surface area contributed by atoms with Gasteiger partial charge in [-0.25, -0.2) is 4.98 Å². The fourth-order valence-corrected chi connectivity index (χ4v) is 3.84. The summed E-state index contributed by atoms with van der Waals surface area (Å²) in [5, 5.41) is 13.1. The molecule has 1 saturated heterocycles. The molecule has 1 aliphatic carbocycles. The molecule has 4 nitrogen and oxygen atoms in total. The van der Waals surface area contributed by atoms with Gasteiger partial charge in [-0.3, -0.25) is 4.90 Å². The fourth-order valence-electron chi connectivity index (χ4n) is 3.84. The number of nitrogens with zero attached hydrogens (tertiary/aromatic N) is 2. The monoisotopic (exact) mass is 343 g/mol. The van der Waals surface area contributed by atoms with Crippen molar-refractivity contribution in [2.45, 2.75) is 62.9 Å². The highest BCUT2D eigenvalue weighted by molar-refractivity contribution is 5.46. The molecule has 1 saturated carbocycles. The summed E-state index contributed by atoms with van der Waals surface area (Å²) in [7, 11) is 0. The van der Waals surface area contributed by atoms with E-state index in [1.165, 1.54) is 12.3 Å². The van der Waals surface area contributed by atoms with Crippen LogP contribution in [0.15, 0.2) is 18.3 Å². The van der Waals surface area contributed by atoms with Gasteiger partial charge < -0.3 is 10.4 Å². The van der Waals surface area contributed by atoms with Gasteiger partial charge in [0.15, 0.2) is 0 Å². The van der Waals surface area contributed by atoms with Gasteiger partial charge >= 0.3 is 6.18 Å². The Bertz CT molecular complexity index is 544. The van der Waals surface area contributed by atoms with E-state index in [1.54, 1.807) is 0 Å². The van der Waals surface area contributed by atoms with Gasteiger partial charge in [0.05, 0.1) is 11.7 Å². The molecule has 0 amide bonds. The molecule has 2 aliphatic rings. The van der Waals surface area contributed by atoms with E-state index in [0.717, 1.165) is 57.7 Å². The molecule has 0 radical (unpaired) electrons. The third kappa shape index (κ3) is 4.00. The number of alkyl halides is 3. The van der Waals surface area contributed by atoms with Crippen LogP contribution < -0.4 is 5.32 Å². The number of likely N-dealkylation sites (tertiary alicyclic amines) is 1. The maximum atomic E-state index is 13.0. The van der Waals surface area contributed by atoms with Gasteiger partial charge in [0.2, 0.25) is 0 Å². The van der Waals surface area contributed by atoms with E-state index in [1.807, 2.05) is 0 Å². The van der Waals surface area contributed by atoms with Crippen LogP contribution in [0.1, 0.15) is 44.1 Å². The summed E-state index contributed by atoms with van der Waals surface area (Å²) in [4.78, 5) is 6.17. The SMILES string of the molecule is OC1CCCCC1N1CCC(Nc2ncccc2C(F)(F)F)CC1. The minimum atomic E-state index is -4.40. The number of nitrogens with one attached hydrogen (secondary N) is 1. The molecule has 2 heterocycles. The number of hydrogen-bond donors (Lipinski definition) is 2. The summed E-state index contributed by atoms with van der Waals surface area (Å²) in [5.41, 5.74) is -0.713. The Morgan fingerprint density at radius 2 is 1.83 bits per heavy atom. The zero-order valence-corrected chi connectivity index (χ0v) is 13.6. The van der Waals surface area contributed by atoms with E-state index in [-0.39, 0.29) is 24.0 Å². The summed E-state index contributed by atoms with van der Waals surface area (Å²) in [5.74, 6) is -0.0823. The van der Waals surface area contributed by atoms with E-state index in [9.17, 15) is 18.3 Å². The molecule has 1 aliphatic heterocycles. The van der Waals surface area contributed by atoms with Crippen molar-refractivity contribution in [3.8, 4) is 0 Å². The normalized spacial score (nSPS) is 27.2. The molecule has 3 rings (SSSR count). The Morgan fingerprint density at radius 1 is 1.12 bits per heavy atom. The standard InChI is InChI=1S/C17H24F3N3O/c18-17(19,20)13-4-3-9-21-16(13)22-12-7-10-23(11-8-12)14-5-1-2-6-15(14)24/h3-4,9,12,14-15,24H,1-2,5-8,10-11H2,(H,21,22). The second-order valence-electron chi connectivity index (χ2n) is 6.77. The van der Waals surface area contributed by atoms with Gasteiger partial charge in [-0.05, 0) is 37.8 Å². The number of pyridine rings is 1. The van der Waals surface area contributed by atoms with Crippen molar-refractivity contribution in [3.63, 3.8) is 0 Å². The lowest BCUT2D eigenvalue weighted by atomic mass is 9.89. The second-order valence-corrected chi connectivity index (χ2v) is 6.77. The molecule has 0 spiro atoms. The summed E-state index contributed by atoms with van der Waals surface area (Å²) in [6.45, 7) is 1.60. The third-order valence-electron chi connectivity index (χ3n) is 5.15. The number of aromatic nitrogens is 1. The maximum Gasteiger partial charge on any atom is 0.419 e. The lowest BCUT2D eigenvalue weighted by molar-refractivity contribution is -0.137. The van der Waals surface area contributed by atoms with E-state index in [0.29, 0.717) is 0 Å². The number of rotatable bonds is 3. The Labute approximate surface area is 140 Å². The van der Waals surface area contributed by atoms with E-state index >= 15 is 0 Å². The first-order valence-corrected chi connectivity index (χ1v) is 8.66. The number of aliphatic hydroxyl groups excluding tert-OH is 1. The van der Waals surface area contributed by atoms with Crippen LogP contribution in [0.2, 0.25) is 0 Å². The predicted octanol–water partition coefficient (Wildman–Crippen LogP) is 3.28. The van der Waals surface area contributed by atoms with Crippen molar-refractivity contribution < 1.29 is 18.3 Å². The minimum Gasteiger partial charge on any atom is -0.391 e. The van der Waals surface area contributed by atoms with Crippen molar-refractivity contribution in [2.24, 2.45) is 0 Å². The van der Waals surface area contributed by atoms with Crippen LogP contribution >= 0.6 is 0 Å². The van der Waals surface area contributed by atoms with Crippen LogP contribution in [-0.2, 0) is 6.18 Å². The van der Waals surface area contributed by atoms with Gasteiger partial charge in [-0.1, -0.05) is 12.8 Å². The molecular formula is C17H24F3N3O. The highest BCUT2D eigenvalue weighted by atomic mass is 19.4. The Hall–Kier alpha value is -1.34. The predicted molar refractivity (Wildman–Crippen MR) is 85.7 cm³/mol. The van der Waals surface area contributed by atoms with Crippen molar-refractivity contribution in [1.82, 2.24) is 9.88 Å². The first-order valence-electron chi connectivity index (χ1n) is 8.66. The highest BCUT2D eigenvalue weighted by Crippen LogP contribution is 2.34. The smallest absolute Gasteiger partial charge is 0.391 e. The second kappa shape index (κ2) is 7.27. The number of hydrogen-bond acceptors (Lipinski definition) is 4. The summed E-state index contributed by atoms with van der Waals surface area (Å²) in [6.07, 6.45) is 2.32. The number of aliphatic hydroxyl groups is 1. The van der Waals surface area contributed by atoms with Gasteiger partial charge in [-0.2, -0.15) is 13.2 Å². The first kappa shape index (κ1) is 17.5. The summed E-state index contributed by atoms with van der Waals surface area (Å²) < 4.78 is 39.1. The lowest BCUT2D eigenvalue weighted by Crippen LogP contribution is -2.50. The van der Waals surface area contributed by atoms with Crippen molar-refractivity contribution in [2.75, 3.05) is 18.4 Å². The van der Waals surface area contributed by atoms with Crippen molar-refractivity contribution >= 4 is 5.82 Å². The lowest BCUT2D eigenvalue weighted by Gasteiger charge is -2.41. The molecule has 2 unspecified atom stereocenters. The number of piperidine rings is 1. The largest absolute Gasteiger partial charge is 0.419 e. The topological polar surface area (TPSA) is 48.4 Å². The first-order chi connectivity index (χ1) is 11.4. The molecule has 2 N–H and O–H groups in total. The van der Waals surface area contributed by atoms with Crippen molar-refractivity contribution in [3.05, 3.63) is 23.9 Å². The van der Waals surface area contributed by atoms with E-state index < -0.39 is 11.7 Å². The van der Waals surface area contributed by atoms with Gasteiger partial charge in [0, 0.05) is 31.4 Å². The molecule has 1 aromatic rings. The molecule has 2 atom stereocenters. The van der Waals surface area contributed by atoms with Crippen LogP contribution in [0.4, 0.5) is 19.0 Å². The van der Waals surface area contributed by atoms with Gasteiger partial charge in [0.1, 0.15) is 5.82 Å². The third-order valence-corrected chi connectivity index (χ3v) is 5.15. The maximum absolute atomic E-state index is 13.0. The Morgan fingerprint density at radius 3 is 2.50 bits per heavy atom. The molecule has 7 heteroatoms. The Kier molecular flexibility index (Phi) is 5.30. The summed E-state index contributed by atoms with van der Waals surface area (Å²) in [6, 6.07) is 2.56. The average molecular weight is 343 g/mol. The van der Waals surface area contributed by atoms with Crippen LogP contribution in [-0.4, -0.2) is 46.3 Å². The van der Waals surface area contributed by atoms with Crippen LogP contribution in [0.5, 0.6) is 0 Å². The zero-order chi connectivity index (χ0) is 17.2. The van der Waals surface area contributed by atoms with Crippen LogP contribution in [0.3, 0.4) is 0 Å². The minimum absolute atomic E-state index is 0.0158. The molecular weight excluding hydrogens is 319 g/mol. The van der Waals surface area contributed by atoms with Gasteiger partial charge in [-0.15, -0.1) is 0 Å². The molecule has 1 aromatic heterocycles.